The molecule has 0 amide bonds. The molecule has 2 saturated heterocycles. The van der Waals surface area contributed by atoms with E-state index in [4.69, 9.17) is 0 Å². The summed E-state index contributed by atoms with van der Waals surface area (Å²) >= 11 is 0. The first-order valence-electron chi connectivity index (χ1n) is 6.04. The van der Waals surface area contributed by atoms with Gasteiger partial charge in [0, 0.05) is 32.9 Å². The second kappa shape index (κ2) is 4.92. The Kier molecular flexibility index (Phi) is 3.70. The van der Waals surface area contributed by atoms with E-state index in [0.29, 0.717) is 5.41 Å². The van der Waals surface area contributed by atoms with E-state index in [2.05, 4.69) is 20.5 Å². The second-order valence-corrected chi connectivity index (χ2v) is 5.27. The maximum atomic E-state index is 4.15. The zero-order valence-corrected chi connectivity index (χ0v) is 11.0. The van der Waals surface area contributed by atoms with Gasteiger partial charge in [-0.1, -0.05) is 5.21 Å². The minimum atomic E-state index is 0. The highest BCUT2D eigenvalue weighted by Crippen LogP contribution is 2.36. The molecule has 2 aliphatic rings. The number of nitrogens with one attached hydrogen (secondary N) is 1. The van der Waals surface area contributed by atoms with Gasteiger partial charge in [0.25, 0.3) is 0 Å². The molecule has 0 radical (unpaired) electrons. The zero-order chi connectivity index (χ0) is 11.0. The van der Waals surface area contributed by atoms with Crippen LogP contribution in [0.1, 0.15) is 18.5 Å². The third-order valence-corrected chi connectivity index (χ3v) is 3.89. The Morgan fingerprint density at radius 3 is 3.00 bits per heavy atom. The van der Waals surface area contributed by atoms with E-state index in [1.165, 1.54) is 39.0 Å². The third-order valence-electron chi connectivity index (χ3n) is 3.89. The van der Waals surface area contributed by atoms with Gasteiger partial charge in [0.2, 0.25) is 0 Å². The van der Waals surface area contributed by atoms with Gasteiger partial charge in [0.15, 0.2) is 0 Å². The summed E-state index contributed by atoms with van der Waals surface area (Å²) in [4.78, 5) is 2.51. The largest absolute Gasteiger partial charge is 0.316 e. The molecule has 1 aromatic heterocycles. The van der Waals surface area contributed by atoms with Crippen molar-refractivity contribution in [1.82, 2.24) is 25.2 Å². The molecule has 1 unspecified atom stereocenters. The highest BCUT2D eigenvalue weighted by Gasteiger charge is 2.40. The first-order valence-corrected chi connectivity index (χ1v) is 6.04. The first-order chi connectivity index (χ1) is 7.76. The lowest BCUT2D eigenvalue weighted by Gasteiger charge is -2.22. The minimum absolute atomic E-state index is 0. The van der Waals surface area contributed by atoms with Crippen LogP contribution in [0.15, 0.2) is 6.20 Å². The Bertz CT molecular complexity index is 372. The molecule has 1 atom stereocenters. The van der Waals surface area contributed by atoms with Crippen LogP contribution in [0.25, 0.3) is 0 Å². The van der Waals surface area contributed by atoms with E-state index >= 15 is 0 Å². The van der Waals surface area contributed by atoms with Gasteiger partial charge in [-0.2, -0.15) is 0 Å². The van der Waals surface area contributed by atoms with E-state index in [0.717, 1.165) is 12.2 Å². The van der Waals surface area contributed by atoms with Crippen molar-refractivity contribution in [3.8, 4) is 0 Å². The fourth-order valence-electron chi connectivity index (χ4n) is 3.00. The zero-order valence-electron chi connectivity index (χ0n) is 10.2. The Morgan fingerprint density at radius 2 is 2.35 bits per heavy atom. The molecule has 3 rings (SSSR count). The molecule has 6 heteroatoms. The van der Waals surface area contributed by atoms with Crippen LogP contribution in [0.3, 0.4) is 0 Å². The number of likely N-dealkylation sites (tertiary alicyclic amines) is 1. The molecule has 17 heavy (non-hydrogen) atoms. The van der Waals surface area contributed by atoms with Crippen molar-refractivity contribution in [2.24, 2.45) is 12.5 Å². The highest BCUT2D eigenvalue weighted by molar-refractivity contribution is 5.85. The molecular formula is C11H20ClN5. The van der Waals surface area contributed by atoms with Crippen molar-refractivity contribution in [2.45, 2.75) is 19.4 Å². The lowest BCUT2D eigenvalue weighted by Crippen LogP contribution is -2.29. The quantitative estimate of drug-likeness (QED) is 0.834. The molecule has 0 aliphatic carbocycles. The van der Waals surface area contributed by atoms with Crippen molar-refractivity contribution in [1.29, 1.82) is 0 Å². The average Bonchev–Trinajstić information content (AvgIpc) is 2.94. The molecule has 2 aliphatic heterocycles. The van der Waals surface area contributed by atoms with Gasteiger partial charge in [-0.3, -0.25) is 9.58 Å². The normalized spacial score (nSPS) is 28.8. The Hall–Kier alpha value is -0.650. The molecule has 5 nitrogen and oxygen atoms in total. The molecule has 1 N–H and O–H groups in total. The lowest BCUT2D eigenvalue weighted by molar-refractivity contribution is 0.266. The van der Waals surface area contributed by atoms with E-state index in [1.807, 2.05) is 13.2 Å². The molecule has 2 fully saturated rings. The Morgan fingerprint density at radius 1 is 1.47 bits per heavy atom. The predicted octanol–water partition coefficient (Wildman–Crippen LogP) is 0.422. The number of hydrogen-bond donors (Lipinski definition) is 1. The molecule has 1 aromatic rings. The van der Waals surface area contributed by atoms with Gasteiger partial charge in [0.1, 0.15) is 0 Å². The van der Waals surface area contributed by atoms with Crippen molar-refractivity contribution in [3.63, 3.8) is 0 Å². The number of halogens is 1. The number of hydrogen-bond acceptors (Lipinski definition) is 4. The smallest absolute Gasteiger partial charge is 0.0967 e. The number of rotatable bonds is 2. The van der Waals surface area contributed by atoms with Crippen molar-refractivity contribution >= 4 is 12.4 Å². The van der Waals surface area contributed by atoms with Gasteiger partial charge in [0.05, 0.1) is 5.69 Å². The highest BCUT2D eigenvalue weighted by atomic mass is 35.5. The summed E-state index contributed by atoms with van der Waals surface area (Å²) in [6, 6.07) is 0. The topological polar surface area (TPSA) is 46.0 Å². The first kappa shape index (κ1) is 12.8. The summed E-state index contributed by atoms with van der Waals surface area (Å²) in [7, 11) is 1.92. The molecule has 0 aromatic carbocycles. The van der Waals surface area contributed by atoms with E-state index < -0.39 is 0 Å². The average molecular weight is 258 g/mol. The summed E-state index contributed by atoms with van der Waals surface area (Å²) < 4.78 is 1.78. The van der Waals surface area contributed by atoms with Gasteiger partial charge in [-0.25, -0.2) is 0 Å². The van der Waals surface area contributed by atoms with Crippen LogP contribution in [0.4, 0.5) is 0 Å². The summed E-state index contributed by atoms with van der Waals surface area (Å²) in [6.07, 6.45) is 4.68. The molecule has 0 bridgehead atoms. The fraction of sp³-hybridized carbons (Fsp3) is 0.818. The summed E-state index contributed by atoms with van der Waals surface area (Å²) in [5, 5.41) is 11.6. The van der Waals surface area contributed by atoms with Crippen LogP contribution in [0.2, 0.25) is 0 Å². The molecular weight excluding hydrogens is 238 g/mol. The summed E-state index contributed by atoms with van der Waals surface area (Å²) in [5.74, 6) is 0. The SMILES string of the molecule is Cl.Cn1cc(CN2CCC3(CCNC3)C2)nn1. The van der Waals surface area contributed by atoms with Crippen molar-refractivity contribution in [2.75, 3.05) is 26.2 Å². The molecule has 96 valence electrons. The van der Waals surface area contributed by atoms with E-state index in [1.54, 1.807) is 4.68 Å². The fourth-order valence-corrected chi connectivity index (χ4v) is 3.00. The maximum Gasteiger partial charge on any atom is 0.0967 e. The molecule has 0 saturated carbocycles. The number of nitrogens with zero attached hydrogens (tertiary/aromatic N) is 4. The van der Waals surface area contributed by atoms with Crippen LogP contribution in [0.5, 0.6) is 0 Å². The lowest BCUT2D eigenvalue weighted by atomic mass is 9.87. The van der Waals surface area contributed by atoms with Crippen LogP contribution in [-0.2, 0) is 13.6 Å². The van der Waals surface area contributed by atoms with Crippen LogP contribution < -0.4 is 5.32 Å². The van der Waals surface area contributed by atoms with Crippen molar-refractivity contribution < 1.29 is 0 Å². The number of aromatic nitrogens is 3. The Labute approximate surface area is 108 Å². The van der Waals surface area contributed by atoms with Gasteiger partial charge in [-0.15, -0.1) is 17.5 Å². The monoisotopic (exact) mass is 257 g/mol. The van der Waals surface area contributed by atoms with E-state index in [9.17, 15) is 0 Å². The number of aryl methyl sites for hydroxylation is 1. The van der Waals surface area contributed by atoms with Crippen LogP contribution in [0, 0.1) is 5.41 Å². The van der Waals surface area contributed by atoms with Gasteiger partial charge in [-0.05, 0) is 31.3 Å². The summed E-state index contributed by atoms with van der Waals surface area (Å²) in [6.45, 7) is 5.77. The molecule has 1 spiro atoms. The van der Waals surface area contributed by atoms with Crippen LogP contribution >= 0.6 is 12.4 Å². The standard InChI is InChI=1S/C11H19N5.ClH/c1-15-6-10(13-14-15)7-16-5-3-11(9-16)2-4-12-8-11;/h6,12H,2-5,7-9H2,1H3;1H. The molecule has 3 heterocycles. The predicted molar refractivity (Wildman–Crippen MR) is 68.1 cm³/mol. The van der Waals surface area contributed by atoms with Gasteiger partial charge >= 0.3 is 0 Å². The van der Waals surface area contributed by atoms with E-state index in [-0.39, 0.29) is 12.4 Å². The third kappa shape index (κ3) is 2.61. The minimum Gasteiger partial charge on any atom is -0.316 e. The van der Waals surface area contributed by atoms with Crippen LogP contribution in [-0.4, -0.2) is 46.1 Å². The van der Waals surface area contributed by atoms with Crippen molar-refractivity contribution in [3.05, 3.63) is 11.9 Å². The maximum absolute atomic E-state index is 4.15. The summed E-state index contributed by atoms with van der Waals surface area (Å²) in [5.41, 5.74) is 1.65. The Balaban J connectivity index is 0.00000108. The second-order valence-electron chi connectivity index (χ2n) is 5.27. The van der Waals surface area contributed by atoms with Gasteiger partial charge < -0.3 is 5.32 Å².